The maximum absolute atomic E-state index is 6.03. The van der Waals surface area contributed by atoms with E-state index in [1.54, 1.807) is 0 Å². The summed E-state index contributed by atoms with van der Waals surface area (Å²) in [6, 6.07) is 5.90. The Morgan fingerprint density at radius 3 is 2.76 bits per heavy atom. The molecule has 1 heterocycles. The van der Waals surface area contributed by atoms with Crippen molar-refractivity contribution in [2.24, 2.45) is 5.92 Å². The molecule has 2 unspecified atom stereocenters. The van der Waals surface area contributed by atoms with E-state index in [0.29, 0.717) is 20.8 Å². The maximum atomic E-state index is 6.03. The fourth-order valence-electron chi connectivity index (χ4n) is 2.24. The molecule has 0 amide bonds. The summed E-state index contributed by atoms with van der Waals surface area (Å²) in [5, 5.41) is 1.27. The van der Waals surface area contributed by atoms with Crippen LogP contribution in [0.25, 0.3) is 0 Å². The van der Waals surface area contributed by atoms with Crippen LogP contribution in [0, 0.1) is 5.92 Å². The average molecular weight is 337 g/mol. The second-order valence-electron chi connectivity index (χ2n) is 4.77. The molecule has 1 aromatic carbocycles. The van der Waals surface area contributed by atoms with Gasteiger partial charge in [-0.25, -0.2) is 0 Å². The fourth-order valence-corrected chi connectivity index (χ4v) is 2.94. The lowest BCUT2D eigenvalue weighted by atomic mass is 9.99. The summed E-state index contributed by atoms with van der Waals surface area (Å²) in [7, 11) is 0. The minimum atomic E-state index is 0.628. The van der Waals surface area contributed by atoms with Crippen LogP contribution in [0.4, 0.5) is 0 Å². The predicted octanol–water partition coefficient (Wildman–Crippen LogP) is 4.60. The van der Waals surface area contributed by atoms with Gasteiger partial charge < -0.3 is 0 Å². The Bertz CT molecular complexity index is 397. The minimum absolute atomic E-state index is 0.628. The van der Waals surface area contributed by atoms with E-state index in [4.69, 9.17) is 23.2 Å². The Labute approximate surface area is 121 Å². The van der Waals surface area contributed by atoms with Gasteiger partial charge in [0.2, 0.25) is 0 Å². The van der Waals surface area contributed by atoms with E-state index in [-0.39, 0.29) is 0 Å². The van der Waals surface area contributed by atoms with Crippen molar-refractivity contribution in [1.82, 2.24) is 4.90 Å². The molecule has 2 atom stereocenters. The highest BCUT2D eigenvalue weighted by atomic mass is 79.9. The lowest BCUT2D eigenvalue weighted by molar-refractivity contribution is 0.183. The Balaban J connectivity index is 1.99. The van der Waals surface area contributed by atoms with Crippen LogP contribution in [0.1, 0.15) is 18.9 Å². The molecule has 0 spiro atoms. The molecule has 0 N–H and O–H groups in total. The first-order valence-electron chi connectivity index (χ1n) is 5.86. The highest BCUT2D eigenvalue weighted by Crippen LogP contribution is 2.26. The molecule has 0 radical (unpaired) electrons. The summed E-state index contributed by atoms with van der Waals surface area (Å²) in [6.07, 6.45) is 1.21. The summed E-state index contributed by atoms with van der Waals surface area (Å²) < 4.78 is 0. The molecule has 2 rings (SSSR count). The number of piperidine rings is 1. The summed E-state index contributed by atoms with van der Waals surface area (Å²) in [5.41, 5.74) is 1.24. The number of halogens is 3. The SMILES string of the molecule is CC1CN(Cc2ccc(Cl)c(Cl)c2)CCC1Br. The van der Waals surface area contributed by atoms with Crippen molar-refractivity contribution >= 4 is 39.1 Å². The van der Waals surface area contributed by atoms with E-state index in [9.17, 15) is 0 Å². The maximum Gasteiger partial charge on any atom is 0.0595 e. The molecule has 1 saturated heterocycles. The van der Waals surface area contributed by atoms with Gasteiger partial charge in [0.25, 0.3) is 0 Å². The largest absolute Gasteiger partial charge is 0.299 e. The van der Waals surface area contributed by atoms with Crippen molar-refractivity contribution in [2.45, 2.75) is 24.7 Å². The predicted molar refractivity (Wildman–Crippen MR) is 78.2 cm³/mol. The smallest absolute Gasteiger partial charge is 0.0595 e. The zero-order chi connectivity index (χ0) is 12.4. The Hall–Kier alpha value is 0.240. The Morgan fingerprint density at radius 1 is 1.35 bits per heavy atom. The molecule has 1 aromatic rings. The monoisotopic (exact) mass is 335 g/mol. The van der Waals surface area contributed by atoms with Crippen LogP contribution in [0.2, 0.25) is 10.0 Å². The zero-order valence-corrected chi connectivity index (χ0v) is 12.9. The lowest BCUT2D eigenvalue weighted by Crippen LogP contribution is -2.39. The first-order chi connectivity index (χ1) is 8.06. The van der Waals surface area contributed by atoms with Gasteiger partial charge in [0.05, 0.1) is 10.0 Å². The molecule has 17 heavy (non-hydrogen) atoms. The van der Waals surface area contributed by atoms with Gasteiger partial charge in [-0.3, -0.25) is 4.90 Å². The number of rotatable bonds is 2. The van der Waals surface area contributed by atoms with Crippen LogP contribution in [0.15, 0.2) is 18.2 Å². The van der Waals surface area contributed by atoms with Gasteiger partial charge in [-0.05, 0) is 36.6 Å². The number of nitrogens with zero attached hydrogens (tertiary/aromatic N) is 1. The van der Waals surface area contributed by atoms with E-state index in [1.807, 2.05) is 12.1 Å². The third kappa shape index (κ3) is 3.60. The molecule has 94 valence electrons. The highest BCUT2D eigenvalue weighted by Gasteiger charge is 2.23. The van der Waals surface area contributed by atoms with Gasteiger partial charge in [0.15, 0.2) is 0 Å². The van der Waals surface area contributed by atoms with Gasteiger partial charge in [-0.15, -0.1) is 0 Å². The highest BCUT2D eigenvalue weighted by molar-refractivity contribution is 9.09. The second-order valence-corrected chi connectivity index (χ2v) is 6.76. The molecular weight excluding hydrogens is 321 g/mol. The number of hydrogen-bond donors (Lipinski definition) is 0. The van der Waals surface area contributed by atoms with Gasteiger partial charge >= 0.3 is 0 Å². The molecule has 1 aliphatic rings. The van der Waals surface area contributed by atoms with Crippen LogP contribution in [-0.2, 0) is 6.54 Å². The topological polar surface area (TPSA) is 3.24 Å². The van der Waals surface area contributed by atoms with Crippen molar-refractivity contribution < 1.29 is 0 Å². The molecule has 4 heteroatoms. The molecule has 0 bridgehead atoms. The third-order valence-corrected chi connectivity index (χ3v) is 5.37. The summed E-state index contributed by atoms with van der Waals surface area (Å²) in [5.74, 6) is 0.700. The molecular formula is C13H16BrCl2N. The molecule has 0 saturated carbocycles. The van der Waals surface area contributed by atoms with Crippen LogP contribution in [0.3, 0.4) is 0 Å². The lowest BCUT2D eigenvalue weighted by Gasteiger charge is -2.34. The Morgan fingerprint density at radius 2 is 2.12 bits per heavy atom. The fraction of sp³-hybridized carbons (Fsp3) is 0.538. The summed E-state index contributed by atoms with van der Waals surface area (Å²) in [4.78, 5) is 3.13. The summed E-state index contributed by atoms with van der Waals surface area (Å²) in [6.45, 7) is 5.53. The van der Waals surface area contributed by atoms with Gasteiger partial charge in [0, 0.05) is 17.9 Å². The Kier molecular flexibility index (Phi) is 4.76. The van der Waals surface area contributed by atoms with Gasteiger partial charge in [-0.2, -0.15) is 0 Å². The van der Waals surface area contributed by atoms with Crippen molar-refractivity contribution in [2.75, 3.05) is 13.1 Å². The molecule has 1 fully saturated rings. The van der Waals surface area contributed by atoms with Gasteiger partial charge in [-0.1, -0.05) is 52.1 Å². The van der Waals surface area contributed by atoms with E-state index in [1.165, 1.54) is 12.0 Å². The van der Waals surface area contributed by atoms with E-state index < -0.39 is 0 Å². The second kappa shape index (κ2) is 5.92. The van der Waals surface area contributed by atoms with Crippen molar-refractivity contribution in [3.63, 3.8) is 0 Å². The molecule has 1 nitrogen and oxygen atoms in total. The summed E-state index contributed by atoms with van der Waals surface area (Å²) >= 11 is 15.7. The van der Waals surface area contributed by atoms with Crippen LogP contribution in [0.5, 0.6) is 0 Å². The van der Waals surface area contributed by atoms with Crippen LogP contribution < -0.4 is 0 Å². The molecule has 1 aliphatic heterocycles. The van der Waals surface area contributed by atoms with Gasteiger partial charge in [0.1, 0.15) is 0 Å². The number of hydrogen-bond acceptors (Lipinski definition) is 1. The standard InChI is InChI=1S/C13H16BrCl2N/c1-9-7-17(5-4-11(9)14)8-10-2-3-12(15)13(16)6-10/h2-3,6,9,11H,4-5,7-8H2,1H3. The quantitative estimate of drug-likeness (QED) is 0.713. The van der Waals surface area contributed by atoms with Crippen molar-refractivity contribution in [3.05, 3.63) is 33.8 Å². The number of alkyl halides is 1. The van der Waals surface area contributed by atoms with E-state index in [0.717, 1.165) is 19.6 Å². The van der Waals surface area contributed by atoms with Crippen molar-refractivity contribution in [1.29, 1.82) is 0 Å². The van der Waals surface area contributed by atoms with Crippen LogP contribution in [-0.4, -0.2) is 22.8 Å². The van der Waals surface area contributed by atoms with E-state index in [2.05, 4.69) is 33.8 Å². The number of benzene rings is 1. The third-order valence-electron chi connectivity index (χ3n) is 3.27. The number of likely N-dealkylation sites (tertiary alicyclic amines) is 1. The van der Waals surface area contributed by atoms with E-state index >= 15 is 0 Å². The minimum Gasteiger partial charge on any atom is -0.299 e. The van der Waals surface area contributed by atoms with Crippen LogP contribution >= 0.6 is 39.1 Å². The first kappa shape index (κ1) is 13.7. The zero-order valence-electron chi connectivity index (χ0n) is 9.80. The van der Waals surface area contributed by atoms with Crippen molar-refractivity contribution in [3.8, 4) is 0 Å². The molecule has 0 aliphatic carbocycles. The molecule has 0 aromatic heterocycles. The first-order valence-corrected chi connectivity index (χ1v) is 7.54. The average Bonchev–Trinajstić information content (AvgIpc) is 2.29. The normalized spacial score (nSPS) is 26.1.